The molecule has 0 aromatic heterocycles. The molecule has 0 radical (unpaired) electrons. The average Bonchev–Trinajstić information content (AvgIpc) is 2.62. The SMILES string of the molecule is Cc1cccc(NC(=O)CNC(=O)COc2ccc(C#N)cc2Cl)c1C. The smallest absolute Gasteiger partial charge is 0.258 e. The number of aryl methyl sites for hydroxylation is 1. The Bertz CT molecular complexity index is 875. The van der Waals surface area contributed by atoms with E-state index < -0.39 is 5.91 Å². The zero-order valence-electron chi connectivity index (χ0n) is 14.4. The van der Waals surface area contributed by atoms with Gasteiger partial charge in [0.25, 0.3) is 5.91 Å². The number of nitriles is 1. The molecule has 2 N–H and O–H groups in total. The van der Waals surface area contributed by atoms with Gasteiger partial charge in [0.05, 0.1) is 23.2 Å². The predicted octanol–water partition coefficient (Wildman–Crippen LogP) is 2.96. The van der Waals surface area contributed by atoms with Gasteiger partial charge in [-0.2, -0.15) is 5.26 Å². The van der Waals surface area contributed by atoms with Gasteiger partial charge in [-0.25, -0.2) is 0 Å². The second-order valence-corrected chi connectivity index (χ2v) is 6.03. The molecule has 0 bridgehead atoms. The Kier molecular flexibility index (Phi) is 6.59. The maximum atomic E-state index is 12.0. The Morgan fingerprint density at radius 3 is 2.65 bits per heavy atom. The van der Waals surface area contributed by atoms with Gasteiger partial charge in [0.15, 0.2) is 6.61 Å². The van der Waals surface area contributed by atoms with Crippen LogP contribution in [0.25, 0.3) is 0 Å². The number of nitrogens with zero attached hydrogens (tertiary/aromatic N) is 1. The Morgan fingerprint density at radius 2 is 1.96 bits per heavy atom. The van der Waals surface area contributed by atoms with E-state index in [1.807, 2.05) is 32.0 Å². The summed E-state index contributed by atoms with van der Waals surface area (Å²) in [6.45, 7) is 3.41. The number of carbonyl (C=O) groups excluding carboxylic acids is 2. The zero-order chi connectivity index (χ0) is 19.1. The maximum Gasteiger partial charge on any atom is 0.258 e. The number of hydrogen-bond donors (Lipinski definition) is 2. The van der Waals surface area contributed by atoms with Crippen molar-refractivity contribution in [1.82, 2.24) is 5.32 Å². The number of benzene rings is 2. The van der Waals surface area contributed by atoms with Crippen molar-refractivity contribution in [3.05, 3.63) is 58.1 Å². The zero-order valence-corrected chi connectivity index (χ0v) is 15.2. The van der Waals surface area contributed by atoms with Crippen LogP contribution < -0.4 is 15.4 Å². The molecular weight excluding hydrogens is 354 g/mol. The Balaban J connectivity index is 1.80. The molecule has 0 heterocycles. The molecule has 0 fully saturated rings. The van der Waals surface area contributed by atoms with Gasteiger partial charge >= 0.3 is 0 Å². The molecule has 0 saturated carbocycles. The van der Waals surface area contributed by atoms with Crippen LogP contribution in [-0.2, 0) is 9.59 Å². The fraction of sp³-hybridized carbons (Fsp3) is 0.211. The highest BCUT2D eigenvalue weighted by Crippen LogP contribution is 2.25. The number of hydrogen-bond acceptors (Lipinski definition) is 4. The first-order valence-electron chi connectivity index (χ1n) is 7.86. The highest BCUT2D eigenvalue weighted by molar-refractivity contribution is 6.32. The number of ether oxygens (including phenoxy) is 1. The van der Waals surface area contributed by atoms with Crippen LogP contribution in [0, 0.1) is 25.2 Å². The maximum absolute atomic E-state index is 12.0. The number of amides is 2. The minimum atomic E-state index is -0.457. The van der Waals surface area contributed by atoms with Crippen molar-refractivity contribution < 1.29 is 14.3 Å². The van der Waals surface area contributed by atoms with Crippen LogP contribution in [0.5, 0.6) is 5.75 Å². The van der Waals surface area contributed by atoms with Crippen molar-refractivity contribution >= 4 is 29.1 Å². The van der Waals surface area contributed by atoms with Crippen molar-refractivity contribution in [2.75, 3.05) is 18.5 Å². The molecule has 0 spiro atoms. The summed E-state index contributed by atoms with van der Waals surface area (Å²) in [6, 6.07) is 12.1. The molecule has 0 unspecified atom stereocenters. The number of carbonyl (C=O) groups is 2. The molecule has 6 nitrogen and oxygen atoms in total. The summed E-state index contributed by atoms with van der Waals surface area (Å²) >= 11 is 5.97. The van der Waals surface area contributed by atoms with Gasteiger partial charge < -0.3 is 15.4 Å². The summed E-state index contributed by atoms with van der Waals surface area (Å²) in [4.78, 5) is 23.8. The van der Waals surface area contributed by atoms with E-state index in [1.54, 1.807) is 6.07 Å². The molecule has 0 aliphatic carbocycles. The third kappa shape index (κ3) is 5.23. The van der Waals surface area contributed by atoms with Crippen molar-refractivity contribution in [3.63, 3.8) is 0 Å². The summed E-state index contributed by atoms with van der Waals surface area (Å²) in [5.41, 5.74) is 3.16. The van der Waals surface area contributed by atoms with Gasteiger partial charge in [0.2, 0.25) is 5.91 Å². The van der Waals surface area contributed by atoms with Crippen molar-refractivity contribution in [3.8, 4) is 11.8 Å². The lowest BCUT2D eigenvalue weighted by atomic mass is 10.1. The summed E-state index contributed by atoms with van der Waals surface area (Å²) in [5.74, 6) is -0.495. The first-order valence-corrected chi connectivity index (χ1v) is 8.23. The number of halogens is 1. The molecule has 0 atom stereocenters. The molecule has 2 amide bonds. The van der Waals surface area contributed by atoms with Crippen LogP contribution in [0.3, 0.4) is 0 Å². The van der Waals surface area contributed by atoms with Crippen LogP contribution in [-0.4, -0.2) is 25.0 Å². The van der Waals surface area contributed by atoms with E-state index in [0.29, 0.717) is 17.0 Å². The fourth-order valence-electron chi connectivity index (χ4n) is 2.14. The van der Waals surface area contributed by atoms with E-state index in [4.69, 9.17) is 21.6 Å². The van der Waals surface area contributed by atoms with Crippen molar-refractivity contribution in [2.24, 2.45) is 0 Å². The van der Waals surface area contributed by atoms with Gasteiger partial charge in [-0.3, -0.25) is 9.59 Å². The van der Waals surface area contributed by atoms with Crippen LogP contribution in [0.4, 0.5) is 5.69 Å². The van der Waals surface area contributed by atoms with Gasteiger partial charge in [-0.1, -0.05) is 23.7 Å². The van der Waals surface area contributed by atoms with E-state index in [9.17, 15) is 9.59 Å². The largest absolute Gasteiger partial charge is 0.482 e. The summed E-state index contributed by atoms with van der Waals surface area (Å²) in [6.07, 6.45) is 0. The summed E-state index contributed by atoms with van der Waals surface area (Å²) in [5, 5.41) is 14.3. The highest BCUT2D eigenvalue weighted by atomic mass is 35.5. The van der Waals surface area contributed by atoms with Gasteiger partial charge in [0, 0.05) is 5.69 Å². The van der Waals surface area contributed by atoms with Gasteiger partial charge in [-0.05, 0) is 49.2 Å². The number of nitrogens with one attached hydrogen (secondary N) is 2. The van der Waals surface area contributed by atoms with E-state index in [2.05, 4.69) is 10.6 Å². The normalized spacial score (nSPS) is 9.92. The third-order valence-electron chi connectivity index (χ3n) is 3.74. The van der Waals surface area contributed by atoms with E-state index >= 15 is 0 Å². The second-order valence-electron chi connectivity index (χ2n) is 5.62. The highest BCUT2D eigenvalue weighted by Gasteiger charge is 2.10. The standard InChI is InChI=1S/C19H18ClN3O3/c1-12-4-3-5-16(13(12)2)23-18(24)10-22-19(25)11-26-17-7-6-14(9-21)8-15(17)20/h3-8H,10-11H2,1-2H3,(H,22,25)(H,23,24). The van der Waals surface area contributed by atoms with E-state index in [1.165, 1.54) is 18.2 Å². The summed E-state index contributed by atoms with van der Waals surface area (Å²) in [7, 11) is 0. The van der Waals surface area contributed by atoms with Crippen LogP contribution in [0.1, 0.15) is 16.7 Å². The molecule has 7 heteroatoms. The molecule has 0 saturated heterocycles. The number of anilines is 1. The van der Waals surface area contributed by atoms with Crippen LogP contribution in [0.2, 0.25) is 5.02 Å². The molecule has 2 rings (SSSR count). The molecule has 26 heavy (non-hydrogen) atoms. The minimum Gasteiger partial charge on any atom is -0.482 e. The molecular formula is C19H18ClN3O3. The Hall–Kier alpha value is -3.04. The first kappa shape index (κ1) is 19.3. The fourth-order valence-corrected chi connectivity index (χ4v) is 2.38. The lowest BCUT2D eigenvalue weighted by Gasteiger charge is -2.11. The van der Waals surface area contributed by atoms with Gasteiger partial charge in [0.1, 0.15) is 5.75 Å². The lowest BCUT2D eigenvalue weighted by Crippen LogP contribution is -2.35. The van der Waals surface area contributed by atoms with Crippen LogP contribution >= 0.6 is 11.6 Å². The van der Waals surface area contributed by atoms with Crippen molar-refractivity contribution in [2.45, 2.75) is 13.8 Å². The molecule has 0 aliphatic rings. The predicted molar refractivity (Wildman–Crippen MR) is 99.2 cm³/mol. The van der Waals surface area contributed by atoms with E-state index in [0.717, 1.165) is 11.1 Å². The molecule has 2 aromatic carbocycles. The number of rotatable bonds is 6. The molecule has 134 valence electrons. The quantitative estimate of drug-likeness (QED) is 0.816. The minimum absolute atomic E-state index is 0.170. The third-order valence-corrected chi connectivity index (χ3v) is 4.04. The molecule has 2 aromatic rings. The summed E-state index contributed by atoms with van der Waals surface area (Å²) < 4.78 is 5.30. The Morgan fingerprint density at radius 1 is 1.19 bits per heavy atom. The second kappa shape index (κ2) is 8.88. The van der Waals surface area contributed by atoms with Crippen LogP contribution in [0.15, 0.2) is 36.4 Å². The van der Waals surface area contributed by atoms with Gasteiger partial charge in [-0.15, -0.1) is 0 Å². The lowest BCUT2D eigenvalue weighted by molar-refractivity contribution is -0.125. The topological polar surface area (TPSA) is 91.2 Å². The monoisotopic (exact) mass is 371 g/mol. The molecule has 0 aliphatic heterocycles. The first-order chi connectivity index (χ1) is 12.4. The Labute approximate surface area is 156 Å². The van der Waals surface area contributed by atoms with Crippen molar-refractivity contribution in [1.29, 1.82) is 5.26 Å². The van der Waals surface area contributed by atoms with E-state index in [-0.39, 0.29) is 24.1 Å². The average molecular weight is 372 g/mol.